The van der Waals surface area contributed by atoms with E-state index in [-0.39, 0.29) is 18.8 Å². The van der Waals surface area contributed by atoms with Crippen LogP contribution < -0.4 is 21.7 Å². The lowest BCUT2D eigenvalue weighted by Crippen LogP contribution is -2.57. The zero-order valence-electron chi connectivity index (χ0n) is 18.0. The number of carbonyl (C=O) groups is 5. The van der Waals surface area contributed by atoms with Crippen LogP contribution in [0.25, 0.3) is 0 Å². The van der Waals surface area contributed by atoms with E-state index < -0.39 is 60.8 Å². The van der Waals surface area contributed by atoms with E-state index in [0.29, 0.717) is 12.1 Å². The van der Waals surface area contributed by atoms with Gasteiger partial charge in [-0.2, -0.15) is 0 Å². The highest BCUT2D eigenvalue weighted by atomic mass is 16.4. The van der Waals surface area contributed by atoms with Crippen LogP contribution in [-0.2, 0) is 30.4 Å². The Labute approximate surface area is 184 Å². The highest BCUT2D eigenvalue weighted by Crippen LogP contribution is 2.09. The molecule has 0 fully saturated rings. The highest BCUT2D eigenvalue weighted by molar-refractivity contribution is 5.94. The molecule has 0 aromatic carbocycles. The fourth-order valence-electron chi connectivity index (χ4n) is 2.82. The minimum absolute atomic E-state index is 0.0408. The van der Waals surface area contributed by atoms with Crippen LogP contribution in [-0.4, -0.2) is 74.5 Å². The smallest absolute Gasteiger partial charge is 0.326 e. The van der Waals surface area contributed by atoms with Gasteiger partial charge >= 0.3 is 11.9 Å². The lowest BCUT2D eigenvalue weighted by atomic mass is 9.98. The van der Waals surface area contributed by atoms with Crippen molar-refractivity contribution in [3.05, 3.63) is 18.2 Å². The first-order chi connectivity index (χ1) is 15.1. The van der Waals surface area contributed by atoms with Gasteiger partial charge in [-0.25, -0.2) is 9.78 Å². The Hall–Kier alpha value is -3.48. The summed E-state index contributed by atoms with van der Waals surface area (Å²) in [6.45, 7) is 3.04. The maximum atomic E-state index is 12.9. The number of rotatable bonds is 14. The predicted molar refractivity (Wildman–Crippen MR) is 111 cm³/mol. The van der Waals surface area contributed by atoms with Gasteiger partial charge in [0.25, 0.3) is 0 Å². The minimum atomic E-state index is -1.25. The van der Waals surface area contributed by atoms with E-state index in [1.165, 1.54) is 12.5 Å². The first-order valence-electron chi connectivity index (χ1n) is 10.1. The van der Waals surface area contributed by atoms with Gasteiger partial charge in [-0.3, -0.25) is 19.2 Å². The fraction of sp³-hybridized carbons (Fsp3) is 0.579. The molecule has 13 nitrogen and oxygen atoms in total. The lowest BCUT2D eigenvalue weighted by Gasteiger charge is -2.26. The largest absolute Gasteiger partial charge is 0.481 e. The number of imidazole rings is 1. The molecule has 0 aliphatic rings. The van der Waals surface area contributed by atoms with Crippen molar-refractivity contribution in [2.75, 3.05) is 6.54 Å². The molecule has 13 heteroatoms. The molecule has 4 unspecified atom stereocenters. The van der Waals surface area contributed by atoms with Gasteiger partial charge in [0.05, 0.1) is 12.9 Å². The Kier molecular flexibility index (Phi) is 10.8. The zero-order chi connectivity index (χ0) is 24.3. The number of hydrogen-bond acceptors (Lipinski definition) is 7. The number of aromatic nitrogens is 2. The van der Waals surface area contributed by atoms with Crippen LogP contribution in [0.4, 0.5) is 0 Å². The average molecular weight is 454 g/mol. The molecule has 0 aliphatic carbocycles. The zero-order valence-corrected chi connectivity index (χ0v) is 18.0. The second-order valence-corrected chi connectivity index (χ2v) is 7.31. The normalized spacial score (nSPS) is 14.5. The molecule has 1 rings (SSSR count). The number of nitrogens with one attached hydrogen (secondary N) is 4. The molecule has 178 valence electrons. The number of carbonyl (C=O) groups excluding carboxylic acids is 3. The van der Waals surface area contributed by atoms with Crippen LogP contribution in [0.5, 0.6) is 0 Å². The van der Waals surface area contributed by atoms with Crippen molar-refractivity contribution in [3.8, 4) is 0 Å². The minimum Gasteiger partial charge on any atom is -0.481 e. The topological polar surface area (TPSA) is 217 Å². The van der Waals surface area contributed by atoms with Crippen LogP contribution in [0, 0.1) is 5.92 Å². The van der Waals surface area contributed by atoms with Gasteiger partial charge in [-0.15, -0.1) is 0 Å². The first kappa shape index (κ1) is 26.6. The molecule has 0 saturated carbocycles. The third kappa shape index (κ3) is 8.71. The molecule has 32 heavy (non-hydrogen) atoms. The van der Waals surface area contributed by atoms with Gasteiger partial charge in [0.2, 0.25) is 17.7 Å². The number of aliphatic carboxylic acids is 2. The van der Waals surface area contributed by atoms with Crippen LogP contribution >= 0.6 is 0 Å². The standard InChI is InChI=1S/C19H30N6O7/c1-3-10(2)16(19(31)32)25-18(30)13(6-11-8-21-9-22-11)24-17(29)12(4-5-15(27)28)23-14(26)7-20/h8-10,12-13,16H,3-7,20H2,1-2H3,(H,21,22)(H,23,26)(H,24,29)(H,25,30)(H,27,28)(H,31,32). The molecule has 4 atom stereocenters. The number of nitrogens with two attached hydrogens (primary N) is 1. The van der Waals surface area contributed by atoms with E-state index in [0.717, 1.165) is 0 Å². The van der Waals surface area contributed by atoms with Crippen molar-refractivity contribution in [2.24, 2.45) is 11.7 Å². The molecule has 0 radical (unpaired) electrons. The molecule has 1 aromatic rings. The summed E-state index contributed by atoms with van der Waals surface area (Å²) in [5, 5.41) is 25.6. The summed E-state index contributed by atoms with van der Waals surface area (Å²) in [4.78, 5) is 66.4. The second kappa shape index (κ2) is 13.0. The Morgan fingerprint density at radius 1 is 1.09 bits per heavy atom. The molecule has 1 heterocycles. The summed E-state index contributed by atoms with van der Waals surface area (Å²) >= 11 is 0. The number of aromatic amines is 1. The average Bonchev–Trinajstić information content (AvgIpc) is 3.26. The van der Waals surface area contributed by atoms with E-state index in [1.807, 2.05) is 0 Å². The summed E-state index contributed by atoms with van der Waals surface area (Å²) in [6, 6.07) is -3.63. The van der Waals surface area contributed by atoms with Crippen molar-refractivity contribution in [3.63, 3.8) is 0 Å². The molecule has 8 N–H and O–H groups in total. The van der Waals surface area contributed by atoms with Crippen molar-refractivity contribution in [1.82, 2.24) is 25.9 Å². The van der Waals surface area contributed by atoms with Crippen LogP contribution in [0.15, 0.2) is 12.5 Å². The summed E-state index contributed by atoms with van der Waals surface area (Å²) < 4.78 is 0. The molecule has 3 amide bonds. The number of H-pyrrole nitrogens is 1. The molecule has 0 spiro atoms. The Morgan fingerprint density at radius 3 is 2.25 bits per heavy atom. The van der Waals surface area contributed by atoms with E-state index >= 15 is 0 Å². The van der Waals surface area contributed by atoms with Crippen LogP contribution in [0.2, 0.25) is 0 Å². The molecular weight excluding hydrogens is 424 g/mol. The highest BCUT2D eigenvalue weighted by Gasteiger charge is 2.31. The van der Waals surface area contributed by atoms with E-state index in [4.69, 9.17) is 10.8 Å². The van der Waals surface area contributed by atoms with Gasteiger partial charge in [-0.1, -0.05) is 20.3 Å². The quantitative estimate of drug-likeness (QED) is 0.171. The second-order valence-electron chi connectivity index (χ2n) is 7.31. The fourth-order valence-corrected chi connectivity index (χ4v) is 2.82. The van der Waals surface area contributed by atoms with Gasteiger partial charge in [0.1, 0.15) is 18.1 Å². The van der Waals surface area contributed by atoms with Gasteiger partial charge in [0, 0.05) is 24.7 Å². The number of hydrogen-bond donors (Lipinski definition) is 7. The predicted octanol–water partition coefficient (Wildman–Crippen LogP) is -1.64. The Morgan fingerprint density at radius 2 is 1.75 bits per heavy atom. The lowest BCUT2D eigenvalue weighted by molar-refractivity contribution is -0.143. The van der Waals surface area contributed by atoms with Crippen molar-refractivity contribution >= 4 is 29.7 Å². The molecule has 1 aromatic heterocycles. The third-order valence-electron chi connectivity index (χ3n) is 4.87. The number of carboxylic acids is 2. The van der Waals surface area contributed by atoms with Crippen LogP contribution in [0.3, 0.4) is 0 Å². The van der Waals surface area contributed by atoms with E-state index in [9.17, 15) is 29.1 Å². The van der Waals surface area contributed by atoms with E-state index in [2.05, 4.69) is 25.9 Å². The molecule has 0 aliphatic heterocycles. The Bertz CT molecular complexity index is 798. The molecule has 0 saturated heterocycles. The third-order valence-corrected chi connectivity index (χ3v) is 4.87. The maximum absolute atomic E-state index is 12.9. The van der Waals surface area contributed by atoms with Gasteiger partial charge < -0.3 is 36.9 Å². The van der Waals surface area contributed by atoms with Crippen LogP contribution in [0.1, 0.15) is 38.8 Å². The first-order valence-corrected chi connectivity index (χ1v) is 10.1. The SMILES string of the molecule is CCC(C)C(NC(=O)C(Cc1cnc[nH]1)NC(=O)C(CCC(=O)O)NC(=O)CN)C(=O)O. The van der Waals surface area contributed by atoms with Gasteiger partial charge in [0.15, 0.2) is 0 Å². The summed E-state index contributed by atoms with van der Waals surface area (Å²) in [6.07, 6.45) is 2.64. The molecule has 0 bridgehead atoms. The summed E-state index contributed by atoms with van der Waals surface area (Å²) in [7, 11) is 0. The maximum Gasteiger partial charge on any atom is 0.326 e. The van der Waals surface area contributed by atoms with Crippen molar-refractivity contribution < 1.29 is 34.2 Å². The summed E-state index contributed by atoms with van der Waals surface area (Å²) in [5.74, 6) is -4.98. The van der Waals surface area contributed by atoms with Gasteiger partial charge in [-0.05, 0) is 12.3 Å². The molecular formula is C19H30N6O7. The Balaban J connectivity index is 3.05. The number of nitrogens with zero attached hydrogens (tertiary/aromatic N) is 1. The van der Waals surface area contributed by atoms with E-state index in [1.54, 1.807) is 13.8 Å². The monoisotopic (exact) mass is 454 g/mol. The number of amides is 3. The van der Waals surface area contributed by atoms with Crippen molar-refractivity contribution in [1.29, 1.82) is 0 Å². The number of carboxylic acid groups (broad SMARTS) is 2. The summed E-state index contributed by atoms with van der Waals surface area (Å²) in [5.41, 5.74) is 5.74. The van der Waals surface area contributed by atoms with Crippen molar-refractivity contribution in [2.45, 2.75) is 57.7 Å².